The number of nitrogens with zero attached hydrogens (tertiary/aromatic N) is 1. The zero-order valence-corrected chi connectivity index (χ0v) is 11.8. The van der Waals surface area contributed by atoms with Crippen molar-refractivity contribution < 1.29 is 4.74 Å². The molecule has 2 rings (SSSR count). The Morgan fingerprint density at radius 1 is 1.35 bits per heavy atom. The van der Waals surface area contributed by atoms with Crippen molar-refractivity contribution >= 4 is 11.8 Å². The van der Waals surface area contributed by atoms with Crippen molar-refractivity contribution in [3.05, 3.63) is 0 Å². The number of thioether (sulfide) groups is 1. The second-order valence-corrected chi connectivity index (χ2v) is 6.40. The zero-order chi connectivity index (χ0) is 11.9. The first-order valence-corrected chi connectivity index (χ1v) is 8.06. The Balaban J connectivity index is 1.57. The van der Waals surface area contributed by atoms with Crippen LogP contribution < -0.4 is 5.32 Å². The molecule has 100 valence electrons. The van der Waals surface area contributed by atoms with Crippen LogP contribution in [0.25, 0.3) is 0 Å². The second kappa shape index (κ2) is 7.62. The van der Waals surface area contributed by atoms with Gasteiger partial charge >= 0.3 is 0 Å². The largest absolute Gasteiger partial charge is 0.384 e. The first-order valence-electron chi connectivity index (χ1n) is 6.91. The molecule has 4 heteroatoms. The van der Waals surface area contributed by atoms with Crippen molar-refractivity contribution in [3.63, 3.8) is 0 Å². The monoisotopic (exact) mass is 258 g/mol. The second-order valence-electron chi connectivity index (χ2n) is 5.25. The van der Waals surface area contributed by atoms with E-state index in [-0.39, 0.29) is 0 Å². The van der Waals surface area contributed by atoms with Crippen LogP contribution in [0.5, 0.6) is 0 Å². The topological polar surface area (TPSA) is 24.5 Å². The van der Waals surface area contributed by atoms with Crippen LogP contribution in [0.1, 0.15) is 19.3 Å². The predicted octanol–water partition coefficient (Wildman–Crippen LogP) is 1.44. The maximum atomic E-state index is 5.24. The quantitative estimate of drug-likeness (QED) is 0.806. The van der Waals surface area contributed by atoms with Crippen LogP contribution in [0.15, 0.2) is 0 Å². The number of nitrogens with one attached hydrogen (secondary N) is 1. The summed E-state index contributed by atoms with van der Waals surface area (Å²) < 4.78 is 5.24. The average Bonchev–Trinajstić information content (AvgIpc) is 2.40. The number of piperidine rings is 1. The summed E-state index contributed by atoms with van der Waals surface area (Å²) in [6, 6.07) is 0.755. The van der Waals surface area contributed by atoms with Crippen LogP contribution >= 0.6 is 11.8 Å². The standard InChI is InChI=1S/C13H26N2OS/c1-16-10-12-2-6-15(7-3-12)8-4-13-11-17-9-5-14-13/h12-14H,2-11H2,1H3. The lowest BCUT2D eigenvalue weighted by molar-refractivity contribution is 0.0980. The molecule has 2 aliphatic rings. The molecule has 0 bridgehead atoms. The van der Waals surface area contributed by atoms with Crippen LogP contribution in [0, 0.1) is 5.92 Å². The van der Waals surface area contributed by atoms with Gasteiger partial charge < -0.3 is 15.0 Å². The van der Waals surface area contributed by atoms with E-state index in [0.29, 0.717) is 0 Å². The molecule has 2 aliphatic heterocycles. The van der Waals surface area contributed by atoms with Gasteiger partial charge in [-0.1, -0.05) is 0 Å². The molecule has 0 aromatic heterocycles. The molecule has 0 amide bonds. The number of likely N-dealkylation sites (tertiary alicyclic amines) is 1. The fourth-order valence-corrected chi connectivity index (χ4v) is 3.75. The van der Waals surface area contributed by atoms with Gasteiger partial charge in [0.25, 0.3) is 0 Å². The number of hydrogen-bond acceptors (Lipinski definition) is 4. The van der Waals surface area contributed by atoms with E-state index in [2.05, 4.69) is 22.0 Å². The first kappa shape index (κ1) is 13.7. The number of rotatable bonds is 5. The van der Waals surface area contributed by atoms with Gasteiger partial charge in [0.1, 0.15) is 0 Å². The van der Waals surface area contributed by atoms with Crippen molar-refractivity contribution in [1.29, 1.82) is 0 Å². The number of hydrogen-bond donors (Lipinski definition) is 1. The molecule has 1 N–H and O–H groups in total. The van der Waals surface area contributed by atoms with E-state index in [1.807, 2.05) is 7.11 Å². The van der Waals surface area contributed by atoms with Gasteiger partial charge in [-0.3, -0.25) is 0 Å². The van der Waals surface area contributed by atoms with Crippen LogP contribution in [-0.4, -0.2) is 62.3 Å². The average molecular weight is 258 g/mol. The molecule has 0 aliphatic carbocycles. The molecule has 3 nitrogen and oxygen atoms in total. The molecule has 2 fully saturated rings. The summed E-state index contributed by atoms with van der Waals surface area (Å²) in [6.45, 7) is 5.97. The molecule has 1 atom stereocenters. The van der Waals surface area contributed by atoms with Gasteiger partial charge in [-0.2, -0.15) is 11.8 Å². The van der Waals surface area contributed by atoms with E-state index in [4.69, 9.17) is 4.74 Å². The van der Waals surface area contributed by atoms with E-state index in [9.17, 15) is 0 Å². The molecule has 1 unspecified atom stereocenters. The van der Waals surface area contributed by atoms with Gasteiger partial charge in [0, 0.05) is 37.8 Å². The molecule has 0 saturated carbocycles. The van der Waals surface area contributed by atoms with Gasteiger partial charge in [-0.25, -0.2) is 0 Å². The fraction of sp³-hybridized carbons (Fsp3) is 1.00. The normalized spacial score (nSPS) is 28.4. The first-order chi connectivity index (χ1) is 8.38. The maximum absolute atomic E-state index is 5.24. The molecule has 17 heavy (non-hydrogen) atoms. The predicted molar refractivity (Wildman–Crippen MR) is 74.8 cm³/mol. The molecule has 2 saturated heterocycles. The summed E-state index contributed by atoms with van der Waals surface area (Å²) in [4.78, 5) is 2.63. The van der Waals surface area contributed by atoms with Gasteiger partial charge in [0.2, 0.25) is 0 Å². The van der Waals surface area contributed by atoms with Crippen LogP contribution in [0.2, 0.25) is 0 Å². The highest BCUT2D eigenvalue weighted by atomic mass is 32.2. The molecular formula is C13H26N2OS. The van der Waals surface area contributed by atoms with Crippen LogP contribution in [0.3, 0.4) is 0 Å². The summed E-state index contributed by atoms with van der Waals surface area (Å²) in [7, 11) is 1.82. The SMILES string of the molecule is COCC1CCN(CCC2CSCCN2)CC1. The Labute approximate surface area is 110 Å². The third kappa shape index (κ3) is 4.78. The molecule has 0 radical (unpaired) electrons. The summed E-state index contributed by atoms with van der Waals surface area (Å²) in [6.07, 6.45) is 3.96. The molecule has 2 heterocycles. The lowest BCUT2D eigenvalue weighted by atomic mass is 9.97. The van der Waals surface area contributed by atoms with Crippen molar-refractivity contribution in [1.82, 2.24) is 10.2 Å². The van der Waals surface area contributed by atoms with E-state index < -0.39 is 0 Å². The van der Waals surface area contributed by atoms with Crippen molar-refractivity contribution in [2.75, 3.05) is 51.4 Å². The molecular weight excluding hydrogens is 232 g/mol. The minimum atomic E-state index is 0.755. The highest BCUT2D eigenvalue weighted by molar-refractivity contribution is 7.99. The Morgan fingerprint density at radius 3 is 2.82 bits per heavy atom. The van der Waals surface area contributed by atoms with Gasteiger partial charge in [0.05, 0.1) is 0 Å². The number of ether oxygens (including phenoxy) is 1. The Morgan fingerprint density at radius 2 is 2.18 bits per heavy atom. The fourth-order valence-electron chi connectivity index (χ4n) is 2.76. The van der Waals surface area contributed by atoms with Crippen LogP contribution in [-0.2, 0) is 4.74 Å². The smallest absolute Gasteiger partial charge is 0.0491 e. The van der Waals surface area contributed by atoms with E-state index in [1.54, 1.807) is 0 Å². The highest BCUT2D eigenvalue weighted by Crippen LogP contribution is 2.18. The summed E-state index contributed by atoms with van der Waals surface area (Å²) in [5.74, 6) is 3.40. The lowest BCUT2D eigenvalue weighted by Crippen LogP contribution is -2.42. The van der Waals surface area contributed by atoms with Crippen molar-refractivity contribution in [2.45, 2.75) is 25.3 Å². The summed E-state index contributed by atoms with van der Waals surface area (Å²) in [5.41, 5.74) is 0. The third-order valence-electron chi connectivity index (χ3n) is 3.90. The van der Waals surface area contributed by atoms with E-state index >= 15 is 0 Å². The minimum absolute atomic E-state index is 0.755. The summed E-state index contributed by atoms with van der Waals surface area (Å²) >= 11 is 2.10. The minimum Gasteiger partial charge on any atom is -0.384 e. The summed E-state index contributed by atoms with van der Waals surface area (Å²) in [5, 5.41) is 3.62. The molecule has 0 spiro atoms. The molecule has 0 aromatic rings. The maximum Gasteiger partial charge on any atom is 0.0491 e. The van der Waals surface area contributed by atoms with E-state index in [0.717, 1.165) is 18.6 Å². The third-order valence-corrected chi connectivity index (χ3v) is 5.03. The van der Waals surface area contributed by atoms with Gasteiger partial charge in [-0.05, 0) is 44.8 Å². The number of methoxy groups -OCH3 is 1. The van der Waals surface area contributed by atoms with Gasteiger partial charge in [0.15, 0.2) is 0 Å². The Kier molecular flexibility index (Phi) is 6.12. The van der Waals surface area contributed by atoms with Crippen molar-refractivity contribution in [2.24, 2.45) is 5.92 Å². The van der Waals surface area contributed by atoms with Gasteiger partial charge in [-0.15, -0.1) is 0 Å². The van der Waals surface area contributed by atoms with Crippen molar-refractivity contribution in [3.8, 4) is 0 Å². The lowest BCUT2D eigenvalue weighted by Gasteiger charge is -2.33. The van der Waals surface area contributed by atoms with E-state index in [1.165, 1.54) is 56.9 Å². The Bertz CT molecular complexity index is 202. The van der Waals surface area contributed by atoms with Crippen LogP contribution in [0.4, 0.5) is 0 Å². The highest BCUT2D eigenvalue weighted by Gasteiger charge is 2.20. The Hall–Kier alpha value is 0.230. The zero-order valence-electron chi connectivity index (χ0n) is 11.0. The molecule has 0 aromatic carbocycles.